The van der Waals surface area contributed by atoms with Crippen LogP contribution in [0.25, 0.3) is 0 Å². The van der Waals surface area contributed by atoms with E-state index in [4.69, 9.17) is 4.74 Å². The second-order valence-corrected chi connectivity index (χ2v) is 5.20. The van der Waals surface area contributed by atoms with E-state index in [0.717, 1.165) is 18.4 Å². The Morgan fingerprint density at radius 3 is 2.53 bits per heavy atom. The summed E-state index contributed by atoms with van der Waals surface area (Å²) in [5.74, 6) is 0.629. The smallest absolute Gasteiger partial charge is 0.249 e. The average molecular weight is 263 g/mol. The van der Waals surface area contributed by atoms with Crippen LogP contribution >= 0.6 is 0 Å². The van der Waals surface area contributed by atoms with E-state index >= 15 is 0 Å². The molecule has 1 aromatic carbocycles. The molecule has 106 valence electrons. The summed E-state index contributed by atoms with van der Waals surface area (Å²) in [6.45, 7) is 5.03. The van der Waals surface area contributed by atoms with Gasteiger partial charge in [0.2, 0.25) is 5.91 Å². The van der Waals surface area contributed by atoms with E-state index in [0.29, 0.717) is 18.9 Å². The quantitative estimate of drug-likeness (QED) is 0.732. The Hall–Kier alpha value is -1.35. The normalized spacial score (nSPS) is 12.4. The van der Waals surface area contributed by atoms with Gasteiger partial charge >= 0.3 is 0 Å². The number of rotatable bonds is 8. The van der Waals surface area contributed by atoms with Crippen molar-refractivity contribution < 1.29 is 9.53 Å². The zero-order valence-electron chi connectivity index (χ0n) is 12.2. The molecule has 1 rings (SSSR count). The summed E-state index contributed by atoms with van der Waals surface area (Å²) >= 11 is 0. The maximum absolute atomic E-state index is 11.8. The Bertz CT molecular complexity index is 362. The summed E-state index contributed by atoms with van der Waals surface area (Å²) in [7, 11) is 1.65. The molecule has 3 heteroatoms. The molecule has 0 saturated heterocycles. The van der Waals surface area contributed by atoms with E-state index in [9.17, 15) is 4.79 Å². The first-order valence-electron chi connectivity index (χ1n) is 7.00. The standard InChI is InChI=1S/C16H25NO2/c1-13(2)8-7-11-19-15(16(18)17-3)12-14-9-5-4-6-10-14/h4-6,9-10,13,15H,7-8,11-12H2,1-3H3,(H,17,18). The summed E-state index contributed by atoms with van der Waals surface area (Å²) in [5.41, 5.74) is 1.12. The van der Waals surface area contributed by atoms with Crippen LogP contribution in [0.3, 0.4) is 0 Å². The van der Waals surface area contributed by atoms with Crippen LogP contribution in [0.2, 0.25) is 0 Å². The molecule has 1 aromatic rings. The van der Waals surface area contributed by atoms with Gasteiger partial charge in [-0.2, -0.15) is 0 Å². The van der Waals surface area contributed by atoms with Gasteiger partial charge in [0.15, 0.2) is 0 Å². The molecule has 0 heterocycles. The number of carbonyl (C=O) groups excluding carboxylic acids is 1. The van der Waals surface area contributed by atoms with Crippen LogP contribution in [0, 0.1) is 5.92 Å². The molecule has 1 atom stereocenters. The molecular weight excluding hydrogens is 238 g/mol. The van der Waals surface area contributed by atoms with Crippen LogP contribution in [-0.2, 0) is 16.0 Å². The number of benzene rings is 1. The molecule has 0 fully saturated rings. The molecule has 0 aliphatic carbocycles. The predicted molar refractivity (Wildman–Crippen MR) is 78.0 cm³/mol. The largest absolute Gasteiger partial charge is 0.368 e. The lowest BCUT2D eigenvalue weighted by Gasteiger charge is -2.17. The van der Waals surface area contributed by atoms with E-state index in [1.165, 1.54) is 0 Å². The Balaban J connectivity index is 2.46. The Kier molecular flexibility index (Phi) is 7.19. The lowest BCUT2D eigenvalue weighted by molar-refractivity contribution is -0.132. The lowest BCUT2D eigenvalue weighted by Crippen LogP contribution is -2.36. The molecule has 3 nitrogen and oxygen atoms in total. The minimum absolute atomic E-state index is 0.0478. The van der Waals surface area contributed by atoms with Gasteiger partial charge in [0.05, 0.1) is 0 Å². The van der Waals surface area contributed by atoms with E-state index in [1.807, 2.05) is 30.3 Å². The van der Waals surface area contributed by atoms with Crippen LogP contribution in [-0.4, -0.2) is 25.7 Å². The number of amides is 1. The zero-order valence-corrected chi connectivity index (χ0v) is 12.2. The van der Waals surface area contributed by atoms with Crippen molar-refractivity contribution in [2.24, 2.45) is 5.92 Å². The summed E-state index contributed by atoms with van der Waals surface area (Å²) in [6.07, 6.45) is 2.37. The summed E-state index contributed by atoms with van der Waals surface area (Å²) < 4.78 is 5.74. The Morgan fingerprint density at radius 1 is 1.26 bits per heavy atom. The molecule has 1 amide bonds. The number of carbonyl (C=O) groups is 1. The first-order chi connectivity index (χ1) is 9.13. The Labute approximate surface area is 116 Å². The van der Waals surface area contributed by atoms with Crippen LogP contribution < -0.4 is 5.32 Å². The van der Waals surface area contributed by atoms with Crippen molar-refractivity contribution in [1.82, 2.24) is 5.32 Å². The van der Waals surface area contributed by atoms with Crippen LogP contribution in [0.4, 0.5) is 0 Å². The SMILES string of the molecule is CNC(=O)C(Cc1ccccc1)OCCCC(C)C. The lowest BCUT2D eigenvalue weighted by atomic mass is 10.1. The number of nitrogens with one attached hydrogen (secondary N) is 1. The predicted octanol–water partition coefficient (Wildman–Crippen LogP) is 2.80. The minimum Gasteiger partial charge on any atom is -0.368 e. The van der Waals surface area contributed by atoms with Crippen molar-refractivity contribution >= 4 is 5.91 Å². The first-order valence-corrected chi connectivity index (χ1v) is 7.00. The number of likely N-dealkylation sites (N-methyl/N-ethyl adjacent to an activating group) is 1. The van der Waals surface area contributed by atoms with Crippen molar-refractivity contribution in [3.8, 4) is 0 Å². The maximum Gasteiger partial charge on any atom is 0.249 e. The third-order valence-corrected chi connectivity index (χ3v) is 3.05. The molecule has 1 unspecified atom stereocenters. The average Bonchev–Trinajstić information content (AvgIpc) is 2.42. The highest BCUT2D eigenvalue weighted by Crippen LogP contribution is 2.09. The highest BCUT2D eigenvalue weighted by molar-refractivity contribution is 5.80. The van der Waals surface area contributed by atoms with E-state index in [1.54, 1.807) is 7.05 Å². The number of hydrogen-bond donors (Lipinski definition) is 1. The van der Waals surface area contributed by atoms with Gasteiger partial charge in [-0.05, 0) is 24.3 Å². The monoisotopic (exact) mass is 263 g/mol. The van der Waals surface area contributed by atoms with Crippen LogP contribution in [0.1, 0.15) is 32.3 Å². The van der Waals surface area contributed by atoms with E-state index in [-0.39, 0.29) is 12.0 Å². The van der Waals surface area contributed by atoms with Crippen molar-refractivity contribution in [3.05, 3.63) is 35.9 Å². The van der Waals surface area contributed by atoms with Crippen molar-refractivity contribution in [3.63, 3.8) is 0 Å². The highest BCUT2D eigenvalue weighted by atomic mass is 16.5. The van der Waals surface area contributed by atoms with Gasteiger partial charge in [0, 0.05) is 20.1 Å². The van der Waals surface area contributed by atoms with E-state index in [2.05, 4.69) is 19.2 Å². The van der Waals surface area contributed by atoms with Gasteiger partial charge in [-0.3, -0.25) is 4.79 Å². The molecule has 0 aliphatic rings. The highest BCUT2D eigenvalue weighted by Gasteiger charge is 2.18. The fourth-order valence-corrected chi connectivity index (χ4v) is 1.93. The molecule has 0 spiro atoms. The molecular formula is C16H25NO2. The molecule has 0 aromatic heterocycles. The summed E-state index contributed by atoms with van der Waals surface area (Å²) in [6, 6.07) is 9.98. The topological polar surface area (TPSA) is 38.3 Å². The zero-order chi connectivity index (χ0) is 14.1. The van der Waals surface area contributed by atoms with E-state index < -0.39 is 0 Å². The molecule has 0 aliphatic heterocycles. The molecule has 19 heavy (non-hydrogen) atoms. The fraction of sp³-hybridized carbons (Fsp3) is 0.562. The van der Waals surface area contributed by atoms with Crippen molar-refractivity contribution in [1.29, 1.82) is 0 Å². The first kappa shape index (κ1) is 15.7. The minimum atomic E-state index is -0.389. The third kappa shape index (κ3) is 6.39. The molecule has 1 N–H and O–H groups in total. The van der Waals surface area contributed by atoms with Gasteiger partial charge < -0.3 is 10.1 Å². The molecule has 0 bridgehead atoms. The van der Waals surface area contributed by atoms with Crippen molar-refractivity contribution in [2.75, 3.05) is 13.7 Å². The summed E-state index contributed by atoms with van der Waals surface area (Å²) in [4.78, 5) is 11.8. The second-order valence-electron chi connectivity index (χ2n) is 5.20. The number of hydrogen-bond acceptors (Lipinski definition) is 2. The number of ether oxygens (including phenoxy) is 1. The van der Waals surface area contributed by atoms with Gasteiger partial charge in [0.25, 0.3) is 0 Å². The van der Waals surface area contributed by atoms with Crippen molar-refractivity contribution in [2.45, 2.75) is 39.2 Å². The van der Waals surface area contributed by atoms with Gasteiger partial charge in [-0.15, -0.1) is 0 Å². The maximum atomic E-state index is 11.8. The van der Waals surface area contributed by atoms with Crippen LogP contribution in [0.15, 0.2) is 30.3 Å². The van der Waals surface area contributed by atoms with Gasteiger partial charge in [-0.25, -0.2) is 0 Å². The molecule has 0 radical (unpaired) electrons. The van der Waals surface area contributed by atoms with Gasteiger partial charge in [-0.1, -0.05) is 44.2 Å². The van der Waals surface area contributed by atoms with Crippen LogP contribution in [0.5, 0.6) is 0 Å². The summed E-state index contributed by atoms with van der Waals surface area (Å²) in [5, 5.41) is 2.67. The fourth-order valence-electron chi connectivity index (χ4n) is 1.93. The third-order valence-electron chi connectivity index (χ3n) is 3.05. The second kappa shape index (κ2) is 8.70. The van der Waals surface area contributed by atoms with Gasteiger partial charge in [0.1, 0.15) is 6.10 Å². The molecule has 0 saturated carbocycles. The Morgan fingerprint density at radius 2 is 1.95 bits per heavy atom.